The van der Waals surface area contributed by atoms with E-state index in [1.807, 2.05) is 7.11 Å². The summed E-state index contributed by atoms with van der Waals surface area (Å²) in [6, 6.07) is 8.95. The topological polar surface area (TPSA) is 21.3 Å². The van der Waals surface area contributed by atoms with Crippen molar-refractivity contribution in [1.82, 2.24) is 5.32 Å². The molecule has 1 aliphatic rings. The van der Waals surface area contributed by atoms with Gasteiger partial charge >= 0.3 is 0 Å². The molecule has 1 aliphatic carbocycles. The summed E-state index contributed by atoms with van der Waals surface area (Å²) in [5.74, 6) is 0. The van der Waals surface area contributed by atoms with E-state index in [1.54, 1.807) is 0 Å². The molecule has 118 valence electrons. The summed E-state index contributed by atoms with van der Waals surface area (Å²) in [4.78, 5) is 0. The molecule has 1 aromatic rings. The van der Waals surface area contributed by atoms with E-state index < -0.39 is 0 Å². The van der Waals surface area contributed by atoms with Crippen molar-refractivity contribution in [3.8, 4) is 0 Å². The SMILES string of the molecule is CNC(Cc1cccc(Br)c1)C1(OC)CCC(C)(C)CC1. The predicted octanol–water partition coefficient (Wildman–Crippen LogP) is 4.57. The predicted molar refractivity (Wildman–Crippen MR) is 92.7 cm³/mol. The van der Waals surface area contributed by atoms with E-state index >= 15 is 0 Å². The van der Waals surface area contributed by atoms with Crippen LogP contribution in [-0.4, -0.2) is 25.8 Å². The zero-order chi connectivity index (χ0) is 15.5. The summed E-state index contributed by atoms with van der Waals surface area (Å²) < 4.78 is 7.20. The van der Waals surface area contributed by atoms with Gasteiger partial charge in [-0.25, -0.2) is 0 Å². The summed E-state index contributed by atoms with van der Waals surface area (Å²) in [6.45, 7) is 4.74. The number of nitrogens with one attached hydrogen (secondary N) is 1. The highest BCUT2D eigenvalue weighted by Gasteiger charge is 2.43. The third-order valence-electron chi connectivity index (χ3n) is 5.17. The lowest BCUT2D eigenvalue weighted by Gasteiger charge is -2.47. The van der Waals surface area contributed by atoms with Crippen molar-refractivity contribution < 1.29 is 4.74 Å². The number of likely N-dealkylation sites (N-methyl/N-ethyl adjacent to an activating group) is 1. The van der Waals surface area contributed by atoms with Gasteiger partial charge in [0.1, 0.15) is 0 Å². The molecule has 0 heterocycles. The van der Waals surface area contributed by atoms with Gasteiger partial charge in [0, 0.05) is 17.6 Å². The summed E-state index contributed by atoms with van der Waals surface area (Å²) in [5, 5.41) is 3.52. The molecule has 0 amide bonds. The molecule has 1 fully saturated rings. The number of hydrogen-bond donors (Lipinski definition) is 1. The summed E-state index contributed by atoms with van der Waals surface area (Å²) in [6.07, 6.45) is 5.74. The van der Waals surface area contributed by atoms with Gasteiger partial charge in [0.05, 0.1) is 5.60 Å². The van der Waals surface area contributed by atoms with E-state index in [0.717, 1.165) is 23.7 Å². The van der Waals surface area contributed by atoms with Crippen molar-refractivity contribution in [2.75, 3.05) is 14.2 Å². The average molecular weight is 354 g/mol. The zero-order valence-electron chi connectivity index (χ0n) is 13.7. The van der Waals surface area contributed by atoms with Crippen LogP contribution in [0.1, 0.15) is 45.1 Å². The first-order valence-corrected chi connectivity index (χ1v) is 8.67. The Hall–Kier alpha value is -0.380. The molecular formula is C18H28BrNO. The Kier molecular flexibility index (Phi) is 5.50. The van der Waals surface area contributed by atoms with E-state index in [2.05, 4.69) is 66.4 Å². The maximum Gasteiger partial charge on any atom is 0.0834 e. The Morgan fingerprint density at radius 1 is 1.24 bits per heavy atom. The van der Waals surface area contributed by atoms with Crippen molar-refractivity contribution in [2.24, 2.45) is 5.41 Å². The van der Waals surface area contributed by atoms with Crippen LogP contribution in [0.5, 0.6) is 0 Å². The van der Waals surface area contributed by atoms with Crippen LogP contribution in [0.2, 0.25) is 0 Å². The van der Waals surface area contributed by atoms with Crippen LogP contribution in [-0.2, 0) is 11.2 Å². The molecule has 3 heteroatoms. The highest BCUT2D eigenvalue weighted by atomic mass is 79.9. The quantitative estimate of drug-likeness (QED) is 0.837. The minimum Gasteiger partial charge on any atom is -0.377 e. The number of halogens is 1. The molecule has 0 radical (unpaired) electrons. The Balaban J connectivity index is 2.14. The van der Waals surface area contributed by atoms with Gasteiger partial charge in [-0.15, -0.1) is 0 Å². The van der Waals surface area contributed by atoms with Gasteiger partial charge in [0.15, 0.2) is 0 Å². The molecule has 1 saturated carbocycles. The fraction of sp³-hybridized carbons (Fsp3) is 0.667. The minimum atomic E-state index is -0.0351. The van der Waals surface area contributed by atoms with Gasteiger partial charge in [-0.3, -0.25) is 0 Å². The monoisotopic (exact) mass is 353 g/mol. The summed E-state index contributed by atoms with van der Waals surface area (Å²) >= 11 is 3.56. The number of methoxy groups -OCH3 is 1. The minimum absolute atomic E-state index is 0.0351. The molecule has 0 saturated heterocycles. The van der Waals surface area contributed by atoms with Crippen LogP contribution >= 0.6 is 15.9 Å². The van der Waals surface area contributed by atoms with Crippen molar-refractivity contribution in [1.29, 1.82) is 0 Å². The second-order valence-corrected chi connectivity index (χ2v) is 8.02. The van der Waals surface area contributed by atoms with E-state index in [-0.39, 0.29) is 5.60 Å². The Bertz CT molecular complexity index is 462. The van der Waals surface area contributed by atoms with Gasteiger partial charge in [-0.1, -0.05) is 41.9 Å². The average Bonchev–Trinajstić information content (AvgIpc) is 2.46. The molecule has 0 bridgehead atoms. The summed E-state index contributed by atoms with van der Waals surface area (Å²) in [5.41, 5.74) is 1.77. The van der Waals surface area contributed by atoms with E-state index in [9.17, 15) is 0 Å². The van der Waals surface area contributed by atoms with E-state index in [4.69, 9.17) is 4.74 Å². The standard InChI is InChI=1S/C18H28BrNO/c1-17(2)8-10-18(21-4,11-9-17)16(20-3)13-14-6-5-7-15(19)12-14/h5-7,12,16,20H,8-11,13H2,1-4H3. The molecule has 0 aromatic heterocycles. The fourth-order valence-corrected chi connectivity index (χ4v) is 3.94. The fourth-order valence-electron chi connectivity index (χ4n) is 3.50. The Labute approximate surface area is 137 Å². The maximum atomic E-state index is 6.05. The van der Waals surface area contributed by atoms with Gasteiger partial charge in [-0.2, -0.15) is 0 Å². The normalized spacial score (nSPS) is 22.0. The molecule has 2 nitrogen and oxygen atoms in total. The number of ether oxygens (including phenoxy) is 1. The van der Waals surface area contributed by atoms with Crippen molar-refractivity contribution in [2.45, 2.75) is 57.6 Å². The van der Waals surface area contributed by atoms with Crippen molar-refractivity contribution >= 4 is 15.9 Å². The first-order valence-electron chi connectivity index (χ1n) is 7.88. The zero-order valence-corrected chi connectivity index (χ0v) is 15.3. The molecule has 1 N–H and O–H groups in total. The van der Waals surface area contributed by atoms with Crippen LogP contribution in [0.4, 0.5) is 0 Å². The lowest BCUT2D eigenvalue weighted by atomic mass is 9.67. The summed E-state index contributed by atoms with van der Waals surface area (Å²) in [7, 11) is 3.94. The van der Waals surface area contributed by atoms with Gasteiger partial charge in [-0.05, 0) is 62.3 Å². The Morgan fingerprint density at radius 3 is 2.43 bits per heavy atom. The second-order valence-electron chi connectivity index (χ2n) is 7.11. The highest BCUT2D eigenvalue weighted by molar-refractivity contribution is 9.10. The third-order valence-corrected chi connectivity index (χ3v) is 5.66. The molecular weight excluding hydrogens is 326 g/mol. The lowest BCUT2D eigenvalue weighted by molar-refractivity contribution is -0.0847. The maximum absolute atomic E-state index is 6.05. The van der Waals surface area contributed by atoms with E-state index in [1.165, 1.54) is 18.4 Å². The molecule has 0 spiro atoms. The largest absolute Gasteiger partial charge is 0.377 e. The van der Waals surface area contributed by atoms with Gasteiger partial charge in [0.2, 0.25) is 0 Å². The lowest BCUT2D eigenvalue weighted by Crippen LogP contribution is -2.54. The number of benzene rings is 1. The van der Waals surface area contributed by atoms with Crippen LogP contribution in [0.3, 0.4) is 0 Å². The second kappa shape index (κ2) is 6.80. The van der Waals surface area contributed by atoms with Crippen molar-refractivity contribution in [3.05, 3.63) is 34.3 Å². The molecule has 2 rings (SSSR count). The smallest absolute Gasteiger partial charge is 0.0834 e. The molecule has 1 unspecified atom stereocenters. The number of rotatable bonds is 5. The third kappa shape index (κ3) is 4.08. The van der Waals surface area contributed by atoms with Gasteiger partial charge < -0.3 is 10.1 Å². The van der Waals surface area contributed by atoms with Crippen LogP contribution in [0.25, 0.3) is 0 Å². The van der Waals surface area contributed by atoms with Crippen LogP contribution in [0.15, 0.2) is 28.7 Å². The first-order chi connectivity index (χ1) is 9.91. The highest BCUT2D eigenvalue weighted by Crippen LogP contribution is 2.43. The Morgan fingerprint density at radius 2 is 1.90 bits per heavy atom. The number of hydrogen-bond acceptors (Lipinski definition) is 2. The van der Waals surface area contributed by atoms with Gasteiger partial charge in [0.25, 0.3) is 0 Å². The molecule has 0 aliphatic heterocycles. The molecule has 21 heavy (non-hydrogen) atoms. The first kappa shape index (κ1) is 17.0. The van der Waals surface area contributed by atoms with Crippen molar-refractivity contribution in [3.63, 3.8) is 0 Å². The molecule has 1 atom stereocenters. The van der Waals surface area contributed by atoms with Crippen LogP contribution in [0, 0.1) is 5.41 Å². The van der Waals surface area contributed by atoms with Crippen LogP contribution < -0.4 is 5.32 Å². The molecule has 1 aromatic carbocycles. The van der Waals surface area contributed by atoms with E-state index in [0.29, 0.717) is 11.5 Å².